The average Bonchev–Trinajstić information content (AvgIpc) is 2.49. The number of aliphatic hydroxyl groups is 1. The van der Waals surface area contributed by atoms with Gasteiger partial charge < -0.3 is 15.5 Å². The van der Waals surface area contributed by atoms with E-state index in [1.165, 1.54) is 6.07 Å². The van der Waals surface area contributed by atoms with E-state index < -0.39 is 6.10 Å². The van der Waals surface area contributed by atoms with Gasteiger partial charge in [0, 0.05) is 12.1 Å². The predicted octanol–water partition coefficient (Wildman–Crippen LogP) is 3.37. The number of aryl methyl sites for hydroxylation is 1. The van der Waals surface area contributed by atoms with E-state index >= 15 is 0 Å². The summed E-state index contributed by atoms with van der Waals surface area (Å²) in [5.74, 6) is -0.110. The molecule has 0 aromatic heterocycles. The predicted molar refractivity (Wildman–Crippen MR) is 91.0 cm³/mol. The molecule has 0 unspecified atom stereocenters. The first-order valence-electron chi connectivity index (χ1n) is 7.08. The van der Waals surface area contributed by atoms with Crippen LogP contribution in [0, 0.1) is 5.82 Å². The summed E-state index contributed by atoms with van der Waals surface area (Å²) in [6, 6.07) is 13.4. The number of halogens is 2. The van der Waals surface area contributed by atoms with Crippen LogP contribution in [-0.4, -0.2) is 23.3 Å². The second-order valence-electron chi connectivity index (χ2n) is 5.01. The zero-order chi connectivity index (χ0) is 15.1. The third kappa shape index (κ3) is 5.75. The maximum Gasteiger partial charge on any atom is 0.129 e. The van der Waals surface area contributed by atoms with Gasteiger partial charge in [-0.3, -0.25) is 0 Å². The van der Waals surface area contributed by atoms with Crippen molar-refractivity contribution in [3.63, 3.8) is 0 Å². The van der Waals surface area contributed by atoms with E-state index in [1.54, 1.807) is 30.3 Å². The van der Waals surface area contributed by atoms with Gasteiger partial charge in [0.15, 0.2) is 0 Å². The third-order valence-corrected chi connectivity index (χ3v) is 3.36. The number of nitrogens with one attached hydrogen (secondary N) is 1. The largest absolute Gasteiger partial charge is 0.508 e. The van der Waals surface area contributed by atoms with Crippen LogP contribution in [0.4, 0.5) is 4.39 Å². The van der Waals surface area contributed by atoms with Crippen molar-refractivity contribution in [2.45, 2.75) is 18.9 Å². The van der Waals surface area contributed by atoms with E-state index in [9.17, 15) is 14.6 Å². The Kier molecular flexibility index (Phi) is 8.09. The Morgan fingerprint density at radius 3 is 2.41 bits per heavy atom. The molecule has 0 fully saturated rings. The van der Waals surface area contributed by atoms with Crippen LogP contribution in [0.15, 0.2) is 48.5 Å². The molecule has 1 atom stereocenters. The van der Waals surface area contributed by atoms with Gasteiger partial charge in [-0.15, -0.1) is 17.0 Å². The number of aromatic hydroxyl groups is 1. The van der Waals surface area contributed by atoms with Gasteiger partial charge in [0.1, 0.15) is 11.6 Å². The first-order chi connectivity index (χ1) is 10.2. The highest BCUT2D eigenvalue weighted by molar-refractivity contribution is 8.93. The molecule has 0 saturated carbocycles. The molecule has 2 aromatic carbocycles. The van der Waals surface area contributed by atoms with Crippen molar-refractivity contribution in [3.05, 3.63) is 65.5 Å². The molecule has 2 aromatic rings. The highest BCUT2D eigenvalue weighted by Gasteiger charge is 2.11. The van der Waals surface area contributed by atoms with Crippen LogP contribution in [-0.2, 0) is 6.42 Å². The lowest BCUT2D eigenvalue weighted by atomic mass is 10.1. The van der Waals surface area contributed by atoms with Crippen LogP contribution >= 0.6 is 17.0 Å². The van der Waals surface area contributed by atoms with Crippen LogP contribution in [0.2, 0.25) is 0 Å². The fraction of sp³-hybridized carbons (Fsp3) is 0.294. The zero-order valence-corrected chi connectivity index (χ0v) is 13.9. The molecular formula is C17H21BrFNO2. The first kappa shape index (κ1) is 18.6. The fourth-order valence-electron chi connectivity index (χ4n) is 2.17. The van der Waals surface area contributed by atoms with Crippen molar-refractivity contribution in [2.75, 3.05) is 13.1 Å². The highest BCUT2D eigenvalue weighted by atomic mass is 79.9. The van der Waals surface area contributed by atoms with Crippen LogP contribution in [0.3, 0.4) is 0 Å². The smallest absolute Gasteiger partial charge is 0.129 e. The van der Waals surface area contributed by atoms with Gasteiger partial charge in [0.05, 0.1) is 6.10 Å². The van der Waals surface area contributed by atoms with Crippen molar-refractivity contribution < 1.29 is 14.6 Å². The van der Waals surface area contributed by atoms with E-state index in [4.69, 9.17) is 0 Å². The van der Waals surface area contributed by atoms with Gasteiger partial charge in [0.25, 0.3) is 0 Å². The van der Waals surface area contributed by atoms with E-state index in [1.807, 2.05) is 12.1 Å². The number of phenolic OH excluding ortho intramolecular Hbond substituents is 1. The molecule has 0 amide bonds. The van der Waals surface area contributed by atoms with Crippen molar-refractivity contribution in [3.8, 4) is 5.75 Å². The van der Waals surface area contributed by atoms with E-state index in [2.05, 4.69) is 5.32 Å². The molecule has 120 valence electrons. The summed E-state index contributed by atoms with van der Waals surface area (Å²) in [6.45, 7) is 1.07. The number of benzene rings is 2. The van der Waals surface area contributed by atoms with Crippen molar-refractivity contribution in [1.82, 2.24) is 5.32 Å². The molecule has 2 rings (SSSR count). The molecule has 3 N–H and O–H groups in total. The first-order valence-corrected chi connectivity index (χ1v) is 7.08. The fourth-order valence-corrected chi connectivity index (χ4v) is 2.17. The number of aliphatic hydroxyl groups excluding tert-OH is 1. The Bertz CT molecular complexity index is 563. The van der Waals surface area contributed by atoms with E-state index in [0.29, 0.717) is 12.1 Å². The van der Waals surface area contributed by atoms with Gasteiger partial charge in [-0.1, -0.05) is 30.3 Å². The zero-order valence-electron chi connectivity index (χ0n) is 12.2. The SMILES string of the molecule is Br.Oc1ccc(CCCNC[C@H](O)c2ccccc2F)cc1. The Balaban J connectivity index is 0.00000242. The molecule has 0 saturated heterocycles. The summed E-state index contributed by atoms with van der Waals surface area (Å²) >= 11 is 0. The molecule has 3 nitrogen and oxygen atoms in total. The van der Waals surface area contributed by atoms with Gasteiger partial charge in [-0.2, -0.15) is 0 Å². The summed E-state index contributed by atoms with van der Waals surface area (Å²) in [5.41, 5.74) is 1.48. The molecule has 0 spiro atoms. The van der Waals surface area contributed by atoms with Gasteiger partial charge in [0.2, 0.25) is 0 Å². The van der Waals surface area contributed by atoms with Crippen LogP contribution in [0.25, 0.3) is 0 Å². The second-order valence-corrected chi connectivity index (χ2v) is 5.01. The molecule has 0 aliphatic rings. The second kappa shape index (κ2) is 9.56. The summed E-state index contributed by atoms with van der Waals surface area (Å²) in [4.78, 5) is 0. The van der Waals surface area contributed by atoms with Crippen molar-refractivity contribution >= 4 is 17.0 Å². The lowest BCUT2D eigenvalue weighted by Crippen LogP contribution is -2.23. The summed E-state index contributed by atoms with van der Waals surface area (Å²) in [7, 11) is 0. The molecule has 22 heavy (non-hydrogen) atoms. The number of hydrogen-bond donors (Lipinski definition) is 3. The summed E-state index contributed by atoms with van der Waals surface area (Å²) in [5, 5.41) is 22.2. The lowest BCUT2D eigenvalue weighted by Gasteiger charge is -2.13. The third-order valence-electron chi connectivity index (χ3n) is 3.36. The molecule has 0 aliphatic heterocycles. The molecule has 0 aliphatic carbocycles. The number of phenols is 1. The average molecular weight is 370 g/mol. The molecule has 0 bridgehead atoms. The minimum atomic E-state index is -0.833. The van der Waals surface area contributed by atoms with Gasteiger partial charge in [-0.05, 0) is 43.1 Å². The normalized spacial score (nSPS) is 11.7. The molecule has 0 heterocycles. The minimum absolute atomic E-state index is 0. The maximum atomic E-state index is 13.5. The monoisotopic (exact) mass is 369 g/mol. The Morgan fingerprint density at radius 1 is 1.05 bits per heavy atom. The quantitative estimate of drug-likeness (QED) is 0.655. The lowest BCUT2D eigenvalue weighted by molar-refractivity contribution is 0.170. The van der Waals surface area contributed by atoms with E-state index in [-0.39, 0.29) is 28.5 Å². The summed E-state index contributed by atoms with van der Waals surface area (Å²) < 4.78 is 13.5. The Morgan fingerprint density at radius 2 is 1.73 bits per heavy atom. The maximum absolute atomic E-state index is 13.5. The number of hydrogen-bond acceptors (Lipinski definition) is 3. The van der Waals surface area contributed by atoms with E-state index in [0.717, 1.165) is 24.9 Å². The summed E-state index contributed by atoms with van der Waals surface area (Å²) in [6.07, 6.45) is 0.970. The Labute approximate surface area is 140 Å². The van der Waals surface area contributed by atoms with Gasteiger partial charge >= 0.3 is 0 Å². The highest BCUT2D eigenvalue weighted by Crippen LogP contribution is 2.15. The van der Waals surface area contributed by atoms with Crippen LogP contribution in [0.1, 0.15) is 23.7 Å². The minimum Gasteiger partial charge on any atom is -0.508 e. The Hall–Kier alpha value is -1.43. The van der Waals surface area contributed by atoms with Gasteiger partial charge in [-0.25, -0.2) is 4.39 Å². The molecule has 0 radical (unpaired) electrons. The van der Waals surface area contributed by atoms with Crippen LogP contribution < -0.4 is 5.32 Å². The van der Waals surface area contributed by atoms with Crippen molar-refractivity contribution in [1.29, 1.82) is 0 Å². The van der Waals surface area contributed by atoms with Crippen molar-refractivity contribution in [2.24, 2.45) is 0 Å². The number of rotatable bonds is 7. The standard InChI is InChI=1S/C17H20FNO2.BrH/c18-16-6-2-1-5-15(16)17(21)12-19-11-3-4-13-7-9-14(20)10-8-13;/h1-2,5-10,17,19-21H,3-4,11-12H2;1H/t17-;/m0./s1. The molecule has 5 heteroatoms. The topological polar surface area (TPSA) is 52.5 Å². The molecular weight excluding hydrogens is 349 g/mol. The van der Waals surface area contributed by atoms with Crippen LogP contribution in [0.5, 0.6) is 5.75 Å².